The van der Waals surface area contributed by atoms with Crippen molar-refractivity contribution in [3.05, 3.63) is 15.6 Å². The fraction of sp³-hybridized carbons (Fsp3) is 0.667. The molecule has 0 aromatic carbocycles. The second-order valence-electron chi connectivity index (χ2n) is 5.88. The number of carboxylic acids is 1. The molecule has 120 valence electrons. The van der Waals surface area contributed by atoms with Crippen LogP contribution in [0.25, 0.3) is 0 Å². The van der Waals surface area contributed by atoms with Crippen molar-refractivity contribution in [3.8, 4) is 0 Å². The minimum absolute atomic E-state index is 0.0500. The first-order valence-corrected chi connectivity index (χ1v) is 8.48. The lowest BCUT2D eigenvalue weighted by atomic mass is 10.1. The van der Waals surface area contributed by atoms with Crippen LogP contribution in [0.3, 0.4) is 0 Å². The number of hydrogen-bond donors (Lipinski definition) is 1. The highest BCUT2D eigenvalue weighted by Crippen LogP contribution is 2.37. The van der Waals surface area contributed by atoms with Crippen molar-refractivity contribution in [1.82, 2.24) is 9.88 Å². The number of amides is 1. The van der Waals surface area contributed by atoms with Crippen LogP contribution in [0.2, 0.25) is 0 Å². The second kappa shape index (κ2) is 6.34. The van der Waals surface area contributed by atoms with Crippen molar-refractivity contribution >= 4 is 23.2 Å². The molecule has 1 unspecified atom stereocenters. The lowest BCUT2D eigenvalue weighted by Crippen LogP contribution is -2.52. The average Bonchev–Trinajstić information content (AvgIpc) is 3.15. The number of morpholine rings is 1. The molecule has 1 saturated heterocycles. The summed E-state index contributed by atoms with van der Waals surface area (Å²) in [7, 11) is 0. The molecule has 1 saturated carbocycles. The van der Waals surface area contributed by atoms with Gasteiger partial charge in [0.1, 0.15) is 4.88 Å². The van der Waals surface area contributed by atoms with Gasteiger partial charge < -0.3 is 14.7 Å². The van der Waals surface area contributed by atoms with Crippen molar-refractivity contribution in [3.63, 3.8) is 0 Å². The quantitative estimate of drug-likeness (QED) is 0.920. The molecule has 6 nitrogen and oxygen atoms in total. The summed E-state index contributed by atoms with van der Waals surface area (Å²) in [5, 5.41) is 10.3. The van der Waals surface area contributed by atoms with Gasteiger partial charge in [0, 0.05) is 12.5 Å². The molecule has 0 radical (unpaired) electrons. The van der Waals surface area contributed by atoms with E-state index in [0.717, 1.165) is 17.8 Å². The topological polar surface area (TPSA) is 79.7 Å². The van der Waals surface area contributed by atoms with E-state index in [-0.39, 0.29) is 12.5 Å². The van der Waals surface area contributed by atoms with Gasteiger partial charge in [0.15, 0.2) is 6.04 Å². The first-order chi connectivity index (χ1) is 10.6. The number of aryl methyl sites for hydroxylation is 1. The molecule has 2 heterocycles. The van der Waals surface area contributed by atoms with E-state index in [4.69, 9.17) is 4.74 Å². The zero-order chi connectivity index (χ0) is 15.7. The van der Waals surface area contributed by atoms with E-state index >= 15 is 0 Å². The van der Waals surface area contributed by atoms with Gasteiger partial charge in [-0.2, -0.15) is 0 Å². The van der Waals surface area contributed by atoms with Crippen molar-refractivity contribution in [2.24, 2.45) is 0 Å². The van der Waals surface area contributed by atoms with Crippen LogP contribution in [-0.4, -0.2) is 52.7 Å². The van der Waals surface area contributed by atoms with Gasteiger partial charge in [-0.25, -0.2) is 9.78 Å². The van der Waals surface area contributed by atoms with E-state index in [1.165, 1.54) is 29.1 Å². The number of carbonyl (C=O) groups excluding carboxylic acids is 1. The predicted molar refractivity (Wildman–Crippen MR) is 81.3 cm³/mol. The van der Waals surface area contributed by atoms with Gasteiger partial charge in [-0.05, 0) is 19.8 Å². The summed E-state index contributed by atoms with van der Waals surface area (Å²) in [6, 6.07) is -0.905. The van der Waals surface area contributed by atoms with Crippen molar-refractivity contribution in [2.75, 3.05) is 19.8 Å². The van der Waals surface area contributed by atoms with Crippen LogP contribution >= 0.6 is 11.3 Å². The Balaban J connectivity index is 1.83. The highest BCUT2D eigenvalue weighted by molar-refractivity contribution is 7.13. The van der Waals surface area contributed by atoms with Crippen molar-refractivity contribution < 1.29 is 19.4 Å². The number of ether oxygens (including phenoxy) is 1. The van der Waals surface area contributed by atoms with Crippen LogP contribution in [0.5, 0.6) is 0 Å². The van der Waals surface area contributed by atoms with Gasteiger partial charge in [0.2, 0.25) is 0 Å². The van der Waals surface area contributed by atoms with Crippen LogP contribution in [0.4, 0.5) is 0 Å². The largest absolute Gasteiger partial charge is 0.480 e. The van der Waals surface area contributed by atoms with Gasteiger partial charge in [0.25, 0.3) is 5.91 Å². The Kier molecular flexibility index (Phi) is 4.44. The summed E-state index contributed by atoms with van der Waals surface area (Å²) in [4.78, 5) is 30.6. The molecule has 22 heavy (non-hydrogen) atoms. The third-order valence-electron chi connectivity index (χ3n) is 4.39. The maximum absolute atomic E-state index is 12.7. The third-order valence-corrected chi connectivity index (χ3v) is 5.69. The monoisotopic (exact) mass is 324 g/mol. The molecule has 1 atom stereocenters. The van der Waals surface area contributed by atoms with Gasteiger partial charge in [0.05, 0.1) is 23.9 Å². The number of aliphatic carboxylic acids is 1. The van der Waals surface area contributed by atoms with E-state index in [1.807, 2.05) is 6.92 Å². The Morgan fingerprint density at radius 2 is 2.09 bits per heavy atom. The van der Waals surface area contributed by atoms with Crippen LogP contribution in [0, 0.1) is 6.92 Å². The molecule has 1 aliphatic heterocycles. The first kappa shape index (κ1) is 15.4. The van der Waals surface area contributed by atoms with Crippen LogP contribution < -0.4 is 0 Å². The molecule has 2 fully saturated rings. The predicted octanol–water partition coefficient (Wildman–Crippen LogP) is 2.03. The van der Waals surface area contributed by atoms with Gasteiger partial charge in [-0.1, -0.05) is 12.8 Å². The SMILES string of the molecule is Cc1nc(C2CCCC2)sc1C(=O)N1CCOCC1C(=O)O. The Morgan fingerprint density at radius 1 is 1.36 bits per heavy atom. The molecule has 1 aromatic rings. The minimum atomic E-state index is -1.02. The zero-order valence-corrected chi connectivity index (χ0v) is 13.4. The van der Waals surface area contributed by atoms with Gasteiger partial charge in [-0.15, -0.1) is 11.3 Å². The van der Waals surface area contributed by atoms with Crippen molar-refractivity contribution in [2.45, 2.75) is 44.6 Å². The fourth-order valence-corrected chi connectivity index (χ4v) is 4.34. The summed E-state index contributed by atoms with van der Waals surface area (Å²) in [6.45, 7) is 2.57. The molecule has 3 rings (SSSR count). The number of aromatic nitrogens is 1. The number of carboxylic acid groups (broad SMARTS) is 1. The normalized spacial score (nSPS) is 23.0. The summed E-state index contributed by atoms with van der Waals surface area (Å²) in [5.41, 5.74) is 0.715. The molecular formula is C15H20N2O4S. The van der Waals surface area contributed by atoms with Gasteiger partial charge in [-0.3, -0.25) is 4.79 Å². The van der Waals surface area contributed by atoms with E-state index in [2.05, 4.69) is 4.98 Å². The standard InChI is InChI=1S/C15H20N2O4S/c1-9-12(22-13(16-9)10-4-2-3-5-10)14(18)17-6-7-21-8-11(17)15(19)20/h10-11H,2-8H2,1H3,(H,19,20). The molecule has 0 spiro atoms. The van der Waals surface area contributed by atoms with Gasteiger partial charge >= 0.3 is 5.97 Å². The summed E-state index contributed by atoms with van der Waals surface area (Å²) in [5.74, 6) is -0.786. The second-order valence-corrected chi connectivity index (χ2v) is 6.91. The molecule has 1 aromatic heterocycles. The molecule has 2 aliphatic rings. The lowest BCUT2D eigenvalue weighted by molar-refractivity contribution is -0.147. The number of carbonyl (C=O) groups is 2. The average molecular weight is 324 g/mol. The Morgan fingerprint density at radius 3 is 2.77 bits per heavy atom. The van der Waals surface area contributed by atoms with Crippen molar-refractivity contribution in [1.29, 1.82) is 0 Å². The molecule has 0 bridgehead atoms. The maximum Gasteiger partial charge on any atom is 0.328 e. The zero-order valence-electron chi connectivity index (χ0n) is 12.6. The smallest absolute Gasteiger partial charge is 0.328 e. The van der Waals surface area contributed by atoms with Crippen LogP contribution in [0.15, 0.2) is 0 Å². The maximum atomic E-state index is 12.7. The lowest BCUT2D eigenvalue weighted by Gasteiger charge is -2.32. The number of hydrogen-bond acceptors (Lipinski definition) is 5. The first-order valence-electron chi connectivity index (χ1n) is 7.66. The molecule has 1 amide bonds. The summed E-state index contributed by atoms with van der Waals surface area (Å²) >= 11 is 1.44. The minimum Gasteiger partial charge on any atom is -0.480 e. The van der Waals surface area contributed by atoms with E-state index < -0.39 is 12.0 Å². The summed E-state index contributed by atoms with van der Waals surface area (Å²) < 4.78 is 5.19. The number of rotatable bonds is 3. The van der Waals surface area contributed by atoms with Crippen LogP contribution in [0.1, 0.15) is 52.0 Å². The highest BCUT2D eigenvalue weighted by atomic mass is 32.1. The highest BCUT2D eigenvalue weighted by Gasteiger charge is 2.35. The van der Waals surface area contributed by atoms with E-state index in [9.17, 15) is 14.7 Å². The van der Waals surface area contributed by atoms with E-state index in [1.54, 1.807) is 0 Å². The number of nitrogens with zero attached hydrogens (tertiary/aromatic N) is 2. The molecule has 1 N–H and O–H groups in total. The molecular weight excluding hydrogens is 304 g/mol. The molecule has 1 aliphatic carbocycles. The Hall–Kier alpha value is -1.47. The summed E-state index contributed by atoms with van der Waals surface area (Å²) in [6.07, 6.45) is 4.71. The Bertz CT molecular complexity index is 580. The fourth-order valence-electron chi connectivity index (χ4n) is 3.14. The van der Waals surface area contributed by atoms with Crippen LogP contribution in [-0.2, 0) is 9.53 Å². The Labute approximate surface area is 133 Å². The number of thiazole rings is 1. The third kappa shape index (κ3) is 2.87. The van der Waals surface area contributed by atoms with E-state index in [0.29, 0.717) is 29.6 Å². The molecule has 7 heteroatoms.